The molecule has 1 saturated heterocycles. The summed E-state index contributed by atoms with van der Waals surface area (Å²) in [6, 6.07) is 19.6. The van der Waals surface area contributed by atoms with Crippen molar-refractivity contribution in [3.63, 3.8) is 0 Å². The molecule has 0 aromatic heterocycles. The van der Waals surface area contributed by atoms with Crippen LogP contribution in [0, 0.1) is 19.3 Å². The van der Waals surface area contributed by atoms with E-state index in [1.165, 1.54) is 17.2 Å². The number of anilines is 1. The number of hydrogen-bond acceptors (Lipinski definition) is 3. The van der Waals surface area contributed by atoms with Crippen molar-refractivity contribution in [3.05, 3.63) is 88.5 Å². The minimum atomic E-state index is -4.98. The van der Waals surface area contributed by atoms with Crippen molar-refractivity contribution >= 4 is 18.8 Å². The first-order valence-corrected chi connectivity index (χ1v) is 12.4. The first-order chi connectivity index (χ1) is 17.7. The fourth-order valence-electron chi connectivity index (χ4n) is 5.45. The molecule has 0 N–H and O–H groups in total. The molecule has 0 radical (unpaired) electrons. The molecule has 1 aliphatic heterocycles. The molecule has 8 heteroatoms. The molecule has 5 rings (SSSR count). The fraction of sp³-hybridized carbons (Fsp3) is 0.276. The van der Waals surface area contributed by atoms with E-state index >= 15 is 0 Å². The summed E-state index contributed by atoms with van der Waals surface area (Å²) >= 11 is 0. The Bertz CT molecular complexity index is 1330. The van der Waals surface area contributed by atoms with Gasteiger partial charge in [-0.05, 0) is 46.9 Å². The Balaban J connectivity index is 1.24. The van der Waals surface area contributed by atoms with Crippen molar-refractivity contribution in [1.82, 2.24) is 4.90 Å². The summed E-state index contributed by atoms with van der Waals surface area (Å²) in [5.41, 5.74) is 6.55. The Morgan fingerprint density at radius 1 is 1.00 bits per heavy atom. The fourth-order valence-corrected chi connectivity index (χ4v) is 5.45. The Kier molecular flexibility index (Phi) is 6.64. The lowest BCUT2D eigenvalue weighted by Crippen LogP contribution is -2.49. The molecule has 0 bridgehead atoms. The average molecular weight is 503 g/mol. The Labute approximate surface area is 215 Å². The van der Waals surface area contributed by atoms with Gasteiger partial charge in [0, 0.05) is 43.3 Å². The number of piperazine rings is 1. The van der Waals surface area contributed by atoms with Gasteiger partial charge in [0.15, 0.2) is 0 Å². The van der Waals surface area contributed by atoms with Crippen LogP contribution in [0.5, 0.6) is 0 Å². The van der Waals surface area contributed by atoms with E-state index in [-0.39, 0.29) is 24.2 Å². The first kappa shape index (κ1) is 24.8. The lowest BCUT2D eigenvalue weighted by molar-refractivity contribution is 0.0976. The molecule has 37 heavy (non-hydrogen) atoms. The number of amides is 1. The zero-order valence-electron chi connectivity index (χ0n) is 20.6. The highest BCUT2D eigenvalue weighted by atomic mass is 19.4. The van der Waals surface area contributed by atoms with Crippen molar-refractivity contribution in [2.24, 2.45) is 0 Å². The third kappa shape index (κ3) is 5.04. The van der Waals surface area contributed by atoms with Crippen LogP contribution in [-0.4, -0.2) is 50.8 Å². The monoisotopic (exact) mass is 503 g/mol. The standard InChI is InChI=1S/C29H27BF3N2O2/c1-3-21-16-22(18-30(31,32)33)20(2)28(17-21)34-12-14-35(15-13-34)29(36)37-19-27-25-10-6-4-8-23(25)24-9-5-7-11-26(24)27/h1,4-11,16-17,27H,12-15,18-19H2,2H3/q-1. The maximum atomic E-state index is 13.2. The zero-order chi connectivity index (χ0) is 26.2. The van der Waals surface area contributed by atoms with Gasteiger partial charge in [0.2, 0.25) is 0 Å². The lowest BCUT2D eigenvalue weighted by Gasteiger charge is -2.37. The van der Waals surface area contributed by atoms with Gasteiger partial charge in [0.1, 0.15) is 6.61 Å². The molecule has 0 atom stereocenters. The van der Waals surface area contributed by atoms with Gasteiger partial charge in [-0.2, -0.15) is 0 Å². The molecular formula is C29H27BF3N2O2-. The Morgan fingerprint density at radius 2 is 1.59 bits per heavy atom. The van der Waals surface area contributed by atoms with E-state index < -0.39 is 13.3 Å². The highest BCUT2D eigenvalue weighted by Crippen LogP contribution is 2.44. The zero-order valence-corrected chi connectivity index (χ0v) is 20.6. The van der Waals surface area contributed by atoms with Crippen LogP contribution < -0.4 is 4.90 Å². The molecule has 3 aromatic carbocycles. The van der Waals surface area contributed by atoms with Crippen molar-refractivity contribution in [2.75, 3.05) is 37.7 Å². The summed E-state index contributed by atoms with van der Waals surface area (Å²) in [7, 11) is 0. The predicted octanol–water partition coefficient (Wildman–Crippen LogP) is 5.98. The van der Waals surface area contributed by atoms with E-state index in [0.717, 1.165) is 11.1 Å². The molecule has 4 nitrogen and oxygen atoms in total. The molecule has 190 valence electrons. The number of benzene rings is 3. The molecular weight excluding hydrogens is 476 g/mol. The highest BCUT2D eigenvalue weighted by molar-refractivity contribution is 6.57. The highest BCUT2D eigenvalue weighted by Gasteiger charge is 2.31. The average Bonchev–Trinajstić information content (AvgIpc) is 3.21. The van der Waals surface area contributed by atoms with Crippen LogP contribution in [0.4, 0.5) is 23.4 Å². The first-order valence-electron chi connectivity index (χ1n) is 12.4. The van der Waals surface area contributed by atoms with E-state index in [4.69, 9.17) is 11.2 Å². The van der Waals surface area contributed by atoms with Crippen molar-refractivity contribution < 1.29 is 22.5 Å². The quantitative estimate of drug-likeness (QED) is 0.318. The molecule has 2 aliphatic rings. The van der Waals surface area contributed by atoms with Crippen LogP contribution >= 0.6 is 0 Å². The summed E-state index contributed by atoms with van der Waals surface area (Å²) in [6.07, 6.45) is 4.18. The van der Waals surface area contributed by atoms with E-state index in [1.54, 1.807) is 17.9 Å². The number of nitrogens with zero attached hydrogens (tertiary/aromatic N) is 2. The van der Waals surface area contributed by atoms with Gasteiger partial charge >= 0.3 is 13.1 Å². The number of carbonyl (C=O) groups excluding carboxylic acids is 1. The van der Waals surface area contributed by atoms with E-state index in [1.807, 2.05) is 29.2 Å². The van der Waals surface area contributed by atoms with Crippen LogP contribution in [0.15, 0.2) is 60.7 Å². The normalized spacial score (nSPS) is 15.2. The van der Waals surface area contributed by atoms with E-state index in [0.29, 0.717) is 43.0 Å². The summed E-state index contributed by atoms with van der Waals surface area (Å²) in [5, 5.41) is 0. The van der Waals surface area contributed by atoms with E-state index in [9.17, 15) is 17.7 Å². The van der Waals surface area contributed by atoms with Gasteiger partial charge in [-0.25, -0.2) is 4.79 Å². The largest absolute Gasteiger partial charge is 0.482 e. The number of fused-ring (bicyclic) bond motifs is 3. The van der Waals surface area contributed by atoms with Gasteiger partial charge in [0.05, 0.1) is 0 Å². The Morgan fingerprint density at radius 3 is 2.16 bits per heavy atom. The molecule has 3 aromatic rings. The third-order valence-electron chi connectivity index (χ3n) is 7.32. The SMILES string of the molecule is C#Cc1cc(C[B-](F)(F)F)c(C)c(N2CCN(C(=O)OCC3c4ccccc4-c4ccccc43)CC2)c1. The van der Waals surface area contributed by atoms with Crippen molar-refractivity contribution in [1.29, 1.82) is 0 Å². The van der Waals surface area contributed by atoms with Gasteiger partial charge in [0.25, 0.3) is 0 Å². The topological polar surface area (TPSA) is 32.8 Å². The number of rotatable bonds is 5. The maximum absolute atomic E-state index is 13.2. The van der Waals surface area contributed by atoms with Crippen molar-refractivity contribution in [2.45, 2.75) is 19.2 Å². The summed E-state index contributed by atoms with van der Waals surface area (Å²) < 4.78 is 45.3. The molecule has 0 unspecified atom stereocenters. The van der Waals surface area contributed by atoms with Gasteiger partial charge < -0.3 is 27.5 Å². The minimum absolute atomic E-state index is 0.0135. The summed E-state index contributed by atoms with van der Waals surface area (Å²) in [5.74, 6) is 2.46. The molecule has 0 spiro atoms. The lowest BCUT2D eigenvalue weighted by atomic mass is 9.79. The molecule has 1 amide bonds. The summed E-state index contributed by atoms with van der Waals surface area (Å²) in [4.78, 5) is 16.6. The predicted molar refractivity (Wildman–Crippen MR) is 141 cm³/mol. The Hall–Kier alpha value is -3.86. The van der Waals surface area contributed by atoms with Gasteiger partial charge in [-0.3, -0.25) is 0 Å². The summed E-state index contributed by atoms with van der Waals surface area (Å²) in [6.45, 7) is -1.24. The minimum Gasteiger partial charge on any atom is -0.449 e. The van der Waals surface area contributed by atoms with Gasteiger partial charge in [-0.1, -0.05) is 66.3 Å². The second-order valence-electron chi connectivity index (χ2n) is 9.62. The number of ether oxygens (including phenoxy) is 1. The number of hydrogen-bond donors (Lipinski definition) is 0. The van der Waals surface area contributed by atoms with Crippen molar-refractivity contribution in [3.8, 4) is 23.5 Å². The second-order valence-corrected chi connectivity index (χ2v) is 9.62. The van der Waals surface area contributed by atoms with Crippen LogP contribution in [0.3, 0.4) is 0 Å². The molecule has 0 saturated carbocycles. The number of halogens is 3. The maximum Gasteiger partial charge on any atom is 0.482 e. The molecule has 1 aliphatic carbocycles. The third-order valence-corrected chi connectivity index (χ3v) is 7.32. The molecule has 1 heterocycles. The van der Waals surface area contributed by atoms with Crippen LogP contribution in [-0.2, 0) is 11.1 Å². The number of terminal acetylenes is 1. The van der Waals surface area contributed by atoms with Crippen LogP contribution in [0.1, 0.15) is 33.7 Å². The second kappa shape index (κ2) is 9.89. The van der Waals surface area contributed by atoms with Crippen LogP contribution in [0.2, 0.25) is 0 Å². The van der Waals surface area contributed by atoms with Gasteiger partial charge in [-0.15, -0.1) is 6.42 Å². The number of carbonyl (C=O) groups is 1. The van der Waals surface area contributed by atoms with Crippen LogP contribution in [0.25, 0.3) is 11.1 Å². The molecule has 1 fully saturated rings. The smallest absolute Gasteiger partial charge is 0.449 e. The van der Waals surface area contributed by atoms with E-state index in [2.05, 4.69) is 30.2 Å².